The standard InChI is InChI=1S/C6H10F2N2O3/c7-6(8)3(9)1-10(5(12)13)4(6)2-11/h3-4,11H,1-2,9H2,(H,12,13)/t3-,4-/m1/s1. The molecule has 7 heteroatoms. The van der Waals surface area contributed by atoms with Crippen molar-refractivity contribution in [3.63, 3.8) is 0 Å². The van der Waals surface area contributed by atoms with Crippen LogP contribution in [0.2, 0.25) is 0 Å². The zero-order chi connectivity index (χ0) is 10.2. The molecule has 0 saturated carbocycles. The summed E-state index contributed by atoms with van der Waals surface area (Å²) in [4.78, 5) is 10.9. The van der Waals surface area contributed by atoms with Gasteiger partial charge in [-0.05, 0) is 0 Å². The van der Waals surface area contributed by atoms with Gasteiger partial charge < -0.3 is 15.9 Å². The summed E-state index contributed by atoms with van der Waals surface area (Å²) in [6, 6.07) is -3.26. The highest BCUT2D eigenvalue weighted by Crippen LogP contribution is 2.32. The molecule has 4 N–H and O–H groups in total. The predicted octanol–water partition coefficient (Wildman–Crippen LogP) is -0.696. The predicted molar refractivity (Wildman–Crippen MR) is 38.5 cm³/mol. The van der Waals surface area contributed by atoms with Gasteiger partial charge in [0, 0.05) is 6.54 Å². The average Bonchev–Trinajstić information content (AvgIpc) is 2.23. The van der Waals surface area contributed by atoms with Gasteiger partial charge in [-0.2, -0.15) is 0 Å². The van der Waals surface area contributed by atoms with Crippen LogP contribution >= 0.6 is 0 Å². The highest BCUT2D eigenvalue weighted by Gasteiger charge is 2.56. The van der Waals surface area contributed by atoms with Gasteiger partial charge in [0.2, 0.25) is 0 Å². The lowest BCUT2D eigenvalue weighted by Crippen LogP contribution is -2.47. The van der Waals surface area contributed by atoms with Crippen LogP contribution in [0.25, 0.3) is 0 Å². The van der Waals surface area contributed by atoms with Crippen molar-refractivity contribution in [1.82, 2.24) is 4.90 Å². The Morgan fingerprint density at radius 1 is 1.69 bits per heavy atom. The van der Waals surface area contributed by atoms with Crippen molar-refractivity contribution in [2.45, 2.75) is 18.0 Å². The number of likely N-dealkylation sites (tertiary alicyclic amines) is 1. The van der Waals surface area contributed by atoms with Crippen molar-refractivity contribution in [2.24, 2.45) is 5.73 Å². The molecule has 0 radical (unpaired) electrons. The van der Waals surface area contributed by atoms with E-state index >= 15 is 0 Å². The van der Waals surface area contributed by atoms with Gasteiger partial charge in [-0.15, -0.1) is 0 Å². The highest BCUT2D eigenvalue weighted by atomic mass is 19.3. The lowest BCUT2D eigenvalue weighted by atomic mass is 10.1. The SMILES string of the molecule is N[C@@H]1CN(C(=O)O)[C@H](CO)C1(F)F. The molecule has 1 aliphatic rings. The molecule has 1 aliphatic heterocycles. The zero-order valence-electron chi connectivity index (χ0n) is 6.65. The number of aliphatic hydroxyl groups excluding tert-OH is 1. The Balaban J connectivity index is 2.88. The molecule has 0 aliphatic carbocycles. The molecule has 0 unspecified atom stereocenters. The maximum atomic E-state index is 13.0. The van der Waals surface area contributed by atoms with E-state index in [1.54, 1.807) is 0 Å². The smallest absolute Gasteiger partial charge is 0.407 e. The molecule has 2 atom stereocenters. The van der Waals surface area contributed by atoms with Crippen molar-refractivity contribution in [1.29, 1.82) is 0 Å². The first-order chi connectivity index (χ1) is 5.91. The van der Waals surface area contributed by atoms with E-state index in [9.17, 15) is 13.6 Å². The molecular weight excluding hydrogens is 186 g/mol. The van der Waals surface area contributed by atoms with E-state index in [2.05, 4.69) is 0 Å². The number of carbonyl (C=O) groups is 1. The normalized spacial score (nSPS) is 32.2. The van der Waals surface area contributed by atoms with Gasteiger partial charge in [0.1, 0.15) is 6.04 Å². The third-order valence-electron chi connectivity index (χ3n) is 2.13. The van der Waals surface area contributed by atoms with Crippen LogP contribution in [0, 0.1) is 0 Å². The molecule has 0 bridgehead atoms. The quantitative estimate of drug-likeness (QED) is 0.517. The van der Waals surface area contributed by atoms with Crippen molar-refractivity contribution >= 4 is 6.09 Å². The lowest BCUT2D eigenvalue weighted by Gasteiger charge is -2.23. The number of aliphatic hydroxyl groups is 1. The topological polar surface area (TPSA) is 86.8 Å². The molecule has 13 heavy (non-hydrogen) atoms. The molecule has 5 nitrogen and oxygen atoms in total. The number of rotatable bonds is 1. The number of nitrogens with zero attached hydrogens (tertiary/aromatic N) is 1. The largest absolute Gasteiger partial charge is 0.465 e. The molecule has 0 spiro atoms. The van der Waals surface area contributed by atoms with Crippen molar-refractivity contribution < 1.29 is 23.8 Å². The van der Waals surface area contributed by atoms with Crippen LogP contribution in [0.3, 0.4) is 0 Å². The summed E-state index contributed by atoms with van der Waals surface area (Å²) in [5.74, 6) is -3.35. The van der Waals surface area contributed by atoms with Gasteiger partial charge in [-0.1, -0.05) is 0 Å². The Bertz CT molecular complexity index is 224. The van der Waals surface area contributed by atoms with Crippen LogP contribution in [0.4, 0.5) is 13.6 Å². The maximum absolute atomic E-state index is 13.0. The van der Waals surface area contributed by atoms with Crippen LogP contribution < -0.4 is 5.73 Å². The molecule has 0 aromatic carbocycles. The van der Waals surface area contributed by atoms with Gasteiger partial charge in [-0.25, -0.2) is 13.6 Å². The van der Waals surface area contributed by atoms with E-state index < -0.39 is 37.3 Å². The Morgan fingerprint density at radius 2 is 2.23 bits per heavy atom. The maximum Gasteiger partial charge on any atom is 0.407 e. The minimum absolute atomic E-state index is 0.451. The summed E-state index contributed by atoms with van der Waals surface area (Å²) in [6.45, 7) is -1.37. The zero-order valence-corrected chi connectivity index (χ0v) is 6.65. The summed E-state index contributed by atoms with van der Waals surface area (Å²) in [6.07, 6.45) is -1.49. The van der Waals surface area contributed by atoms with E-state index in [-0.39, 0.29) is 0 Å². The van der Waals surface area contributed by atoms with E-state index in [1.807, 2.05) is 0 Å². The number of nitrogens with two attached hydrogens (primary N) is 1. The summed E-state index contributed by atoms with van der Waals surface area (Å²) < 4.78 is 26.0. The Labute approximate surface area is 72.7 Å². The summed E-state index contributed by atoms with van der Waals surface area (Å²) in [5.41, 5.74) is 5.04. The van der Waals surface area contributed by atoms with Gasteiger partial charge in [-0.3, -0.25) is 4.90 Å². The Kier molecular flexibility index (Phi) is 2.40. The second-order valence-electron chi connectivity index (χ2n) is 2.91. The van der Waals surface area contributed by atoms with Crippen LogP contribution in [-0.2, 0) is 0 Å². The minimum atomic E-state index is -3.35. The number of hydrogen-bond acceptors (Lipinski definition) is 3. The first kappa shape index (κ1) is 10.1. The van der Waals surface area contributed by atoms with Crippen molar-refractivity contribution in [3.8, 4) is 0 Å². The second-order valence-corrected chi connectivity index (χ2v) is 2.91. The highest BCUT2D eigenvalue weighted by molar-refractivity contribution is 5.66. The summed E-state index contributed by atoms with van der Waals surface area (Å²) in [7, 11) is 0. The first-order valence-corrected chi connectivity index (χ1v) is 3.65. The van der Waals surface area contributed by atoms with Crippen LogP contribution in [-0.4, -0.2) is 52.4 Å². The Hall–Kier alpha value is -0.950. The molecule has 1 fully saturated rings. The van der Waals surface area contributed by atoms with Gasteiger partial charge in [0.15, 0.2) is 0 Å². The second kappa shape index (κ2) is 3.08. The van der Waals surface area contributed by atoms with Crippen molar-refractivity contribution in [3.05, 3.63) is 0 Å². The third kappa shape index (κ3) is 1.44. The first-order valence-electron chi connectivity index (χ1n) is 3.65. The minimum Gasteiger partial charge on any atom is -0.465 e. The Morgan fingerprint density at radius 3 is 2.54 bits per heavy atom. The fourth-order valence-corrected chi connectivity index (χ4v) is 1.35. The lowest BCUT2D eigenvalue weighted by molar-refractivity contribution is -0.0563. The van der Waals surface area contributed by atoms with E-state index in [0.717, 1.165) is 0 Å². The van der Waals surface area contributed by atoms with Crippen LogP contribution in [0.15, 0.2) is 0 Å². The fourth-order valence-electron chi connectivity index (χ4n) is 1.35. The number of amides is 1. The van der Waals surface area contributed by atoms with E-state index in [0.29, 0.717) is 4.90 Å². The number of halogens is 2. The van der Waals surface area contributed by atoms with E-state index in [4.69, 9.17) is 15.9 Å². The molecule has 1 amide bonds. The molecule has 76 valence electrons. The summed E-state index contributed by atoms with van der Waals surface area (Å²) >= 11 is 0. The molecule has 0 aromatic rings. The number of hydrogen-bond donors (Lipinski definition) is 3. The van der Waals surface area contributed by atoms with E-state index in [1.165, 1.54) is 0 Å². The van der Waals surface area contributed by atoms with Crippen molar-refractivity contribution in [2.75, 3.05) is 13.2 Å². The van der Waals surface area contributed by atoms with Gasteiger partial charge in [0.25, 0.3) is 5.92 Å². The molecule has 1 saturated heterocycles. The average molecular weight is 196 g/mol. The third-order valence-corrected chi connectivity index (χ3v) is 2.13. The number of carboxylic acid groups (broad SMARTS) is 1. The molecule has 0 aromatic heterocycles. The van der Waals surface area contributed by atoms with Gasteiger partial charge in [0.05, 0.1) is 12.6 Å². The van der Waals surface area contributed by atoms with Crippen LogP contribution in [0.5, 0.6) is 0 Å². The monoisotopic (exact) mass is 196 g/mol. The van der Waals surface area contributed by atoms with Gasteiger partial charge >= 0.3 is 6.09 Å². The summed E-state index contributed by atoms with van der Waals surface area (Å²) in [5, 5.41) is 17.1. The fraction of sp³-hybridized carbons (Fsp3) is 0.833. The number of alkyl halides is 2. The van der Waals surface area contributed by atoms with Crippen LogP contribution in [0.1, 0.15) is 0 Å². The molecular formula is C6H10F2N2O3. The molecule has 1 heterocycles. The molecule has 1 rings (SSSR count).